The van der Waals surface area contributed by atoms with Crippen molar-refractivity contribution in [3.8, 4) is 0 Å². The van der Waals surface area contributed by atoms with Crippen LogP contribution < -0.4 is 0 Å². The molecule has 1 atom stereocenters. The van der Waals surface area contributed by atoms with E-state index in [0.717, 1.165) is 0 Å². The highest BCUT2D eigenvalue weighted by Gasteiger charge is 2.01. The highest BCUT2D eigenvalue weighted by atomic mass is 16.7. The average molecular weight is 132 g/mol. The lowest BCUT2D eigenvalue weighted by Crippen LogP contribution is -2.17. The van der Waals surface area contributed by atoms with Crippen molar-refractivity contribution in [1.82, 2.24) is 0 Å². The van der Waals surface area contributed by atoms with Crippen LogP contribution in [0.15, 0.2) is 0 Å². The summed E-state index contributed by atoms with van der Waals surface area (Å²) in [5.41, 5.74) is 0. The van der Waals surface area contributed by atoms with Crippen LogP contribution in [-0.2, 0) is 9.47 Å². The first-order valence-corrected chi connectivity index (χ1v) is 3.43. The zero-order valence-electron chi connectivity index (χ0n) is 6.68. The number of rotatable bonds is 4. The van der Waals surface area contributed by atoms with E-state index in [9.17, 15) is 0 Å². The van der Waals surface area contributed by atoms with Crippen molar-refractivity contribution >= 4 is 0 Å². The number of hydrogen-bond donors (Lipinski definition) is 0. The van der Waals surface area contributed by atoms with Gasteiger partial charge in [0.15, 0.2) is 6.29 Å². The van der Waals surface area contributed by atoms with Crippen molar-refractivity contribution in [2.45, 2.75) is 40.1 Å². The van der Waals surface area contributed by atoms with Gasteiger partial charge in [-0.1, -0.05) is 0 Å². The summed E-state index contributed by atoms with van der Waals surface area (Å²) in [6.07, 6.45) is 0.196. The maximum atomic E-state index is 5.27. The van der Waals surface area contributed by atoms with Crippen molar-refractivity contribution in [2.24, 2.45) is 0 Å². The quantitative estimate of drug-likeness (QED) is 0.543. The lowest BCUT2D eigenvalue weighted by Gasteiger charge is -2.14. The van der Waals surface area contributed by atoms with Gasteiger partial charge in [0.25, 0.3) is 0 Å². The van der Waals surface area contributed by atoms with E-state index in [2.05, 4.69) is 0 Å². The van der Waals surface area contributed by atoms with Crippen molar-refractivity contribution in [3.05, 3.63) is 0 Å². The number of ether oxygens (including phenoxy) is 2. The molecule has 0 N–H and O–H groups in total. The molecule has 2 heteroatoms. The van der Waals surface area contributed by atoms with E-state index in [4.69, 9.17) is 9.47 Å². The van der Waals surface area contributed by atoms with E-state index in [-0.39, 0.29) is 12.4 Å². The third-order valence-electron chi connectivity index (χ3n) is 0.865. The summed E-state index contributed by atoms with van der Waals surface area (Å²) in [5, 5.41) is 0. The van der Waals surface area contributed by atoms with Crippen LogP contribution in [0.1, 0.15) is 27.7 Å². The normalized spacial score (nSPS) is 14.3. The zero-order valence-corrected chi connectivity index (χ0v) is 6.68. The second-order valence-corrected chi connectivity index (χ2v) is 2.21. The SMILES string of the molecule is CCOC(C)OC(C)C. The summed E-state index contributed by atoms with van der Waals surface area (Å²) in [4.78, 5) is 0. The molecule has 0 aliphatic heterocycles. The average Bonchev–Trinajstić information content (AvgIpc) is 1.63. The molecule has 56 valence electrons. The lowest BCUT2D eigenvalue weighted by molar-refractivity contribution is -0.148. The molecule has 0 heterocycles. The fourth-order valence-corrected chi connectivity index (χ4v) is 0.657. The molecule has 0 saturated carbocycles. The first-order chi connectivity index (χ1) is 4.16. The molecular formula is C7H16O2. The van der Waals surface area contributed by atoms with Gasteiger partial charge in [0, 0.05) is 6.61 Å². The summed E-state index contributed by atoms with van der Waals surface area (Å²) >= 11 is 0. The topological polar surface area (TPSA) is 18.5 Å². The summed E-state index contributed by atoms with van der Waals surface area (Å²) in [7, 11) is 0. The fraction of sp³-hybridized carbons (Fsp3) is 1.00. The Morgan fingerprint density at radius 3 is 2.11 bits per heavy atom. The Morgan fingerprint density at radius 1 is 1.22 bits per heavy atom. The Balaban J connectivity index is 3.15. The molecule has 0 aliphatic rings. The van der Waals surface area contributed by atoms with Crippen molar-refractivity contribution < 1.29 is 9.47 Å². The maximum absolute atomic E-state index is 5.27. The molecule has 0 radical (unpaired) electrons. The Kier molecular flexibility index (Phi) is 4.72. The minimum absolute atomic E-state index is 0.0602. The van der Waals surface area contributed by atoms with Gasteiger partial charge in [-0.05, 0) is 27.7 Å². The summed E-state index contributed by atoms with van der Waals surface area (Å²) in [6, 6.07) is 0. The maximum Gasteiger partial charge on any atom is 0.155 e. The van der Waals surface area contributed by atoms with E-state index in [1.807, 2.05) is 27.7 Å². The van der Waals surface area contributed by atoms with Crippen LogP contribution in [0, 0.1) is 0 Å². The van der Waals surface area contributed by atoms with Crippen LogP contribution in [0.2, 0.25) is 0 Å². The van der Waals surface area contributed by atoms with Crippen LogP contribution >= 0.6 is 0 Å². The monoisotopic (exact) mass is 132 g/mol. The molecule has 9 heavy (non-hydrogen) atoms. The molecular weight excluding hydrogens is 116 g/mol. The Bertz CT molecular complexity index is 61.9. The van der Waals surface area contributed by atoms with Gasteiger partial charge in [0.05, 0.1) is 6.10 Å². The summed E-state index contributed by atoms with van der Waals surface area (Å²) in [6.45, 7) is 8.57. The minimum Gasteiger partial charge on any atom is -0.353 e. The van der Waals surface area contributed by atoms with Gasteiger partial charge >= 0.3 is 0 Å². The zero-order chi connectivity index (χ0) is 7.28. The molecule has 0 bridgehead atoms. The van der Waals surface area contributed by atoms with E-state index in [1.54, 1.807) is 0 Å². The first kappa shape index (κ1) is 8.92. The minimum atomic E-state index is -0.0602. The first-order valence-electron chi connectivity index (χ1n) is 3.43. The molecule has 0 aromatic heterocycles. The van der Waals surface area contributed by atoms with Gasteiger partial charge in [0.2, 0.25) is 0 Å². The van der Waals surface area contributed by atoms with E-state index < -0.39 is 0 Å². The van der Waals surface area contributed by atoms with Crippen molar-refractivity contribution in [1.29, 1.82) is 0 Å². The molecule has 0 fully saturated rings. The van der Waals surface area contributed by atoms with Crippen LogP contribution in [0.25, 0.3) is 0 Å². The van der Waals surface area contributed by atoms with Gasteiger partial charge in [0.1, 0.15) is 0 Å². The van der Waals surface area contributed by atoms with Crippen LogP contribution in [-0.4, -0.2) is 19.0 Å². The third-order valence-corrected chi connectivity index (χ3v) is 0.865. The lowest BCUT2D eigenvalue weighted by atomic mass is 10.5. The molecule has 2 nitrogen and oxygen atoms in total. The molecule has 0 aromatic carbocycles. The Morgan fingerprint density at radius 2 is 1.78 bits per heavy atom. The van der Waals surface area contributed by atoms with E-state index in [1.165, 1.54) is 0 Å². The highest BCUT2D eigenvalue weighted by molar-refractivity contribution is 4.37. The predicted octanol–water partition coefficient (Wildman–Crippen LogP) is 1.79. The second-order valence-electron chi connectivity index (χ2n) is 2.21. The van der Waals surface area contributed by atoms with Crippen molar-refractivity contribution in [3.63, 3.8) is 0 Å². The standard InChI is InChI=1S/C7H16O2/c1-5-8-7(4)9-6(2)3/h6-7H,5H2,1-4H3. The highest BCUT2D eigenvalue weighted by Crippen LogP contribution is 1.97. The third kappa shape index (κ3) is 5.80. The largest absolute Gasteiger partial charge is 0.353 e. The Labute approximate surface area is 57.2 Å². The van der Waals surface area contributed by atoms with Gasteiger partial charge in [-0.2, -0.15) is 0 Å². The van der Waals surface area contributed by atoms with Crippen LogP contribution in [0.5, 0.6) is 0 Å². The second kappa shape index (κ2) is 4.77. The smallest absolute Gasteiger partial charge is 0.155 e. The molecule has 0 aliphatic carbocycles. The predicted molar refractivity (Wildman–Crippen MR) is 37.3 cm³/mol. The Hall–Kier alpha value is -0.0800. The molecule has 0 saturated heterocycles. The molecule has 0 amide bonds. The molecule has 0 aromatic rings. The molecule has 1 unspecified atom stereocenters. The molecule has 0 rings (SSSR count). The summed E-state index contributed by atoms with van der Waals surface area (Å²) < 4.78 is 10.4. The summed E-state index contributed by atoms with van der Waals surface area (Å²) in [5.74, 6) is 0. The van der Waals surface area contributed by atoms with E-state index >= 15 is 0 Å². The van der Waals surface area contributed by atoms with Gasteiger partial charge in [-0.25, -0.2) is 0 Å². The van der Waals surface area contributed by atoms with Crippen LogP contribution in [0.4, 0.5) is 0 Å². The van der Waals surface area contributed by atoms with Crippen molar-refractivity contribution in [2.75, 3.05) is 6.61 Å². The molecule has 0 spiro atoms. The van der Waals surface area contributed by atoms with Gasteiger partial charge < -0.3 is 9.47 Å². The fourth-order valence-electron chi connectivity index (χ4n) is 0.657. The van der Waals surface area contributed by atoms with Crippen LogP contribution in [0.3, 0.4) is 0 Å². The van der Waals surface area contributed by atoms with Gasteiger partial charge in [-0.15, -0.1) is 0 Å². The van der Waals surface area contributed by atoms with E-state index in [0.29, 0.717) is 6.61 Å². The number of hydrogen-bond acceptors (Lipinski definition) is 2. The van der Waals surface area contributed by atoms with Gasteiger partial charge in [-0.3, -0.25) is 0 Å².